The lowest BCUT2D eigenvalue weighted by Gasteiger charge is -2.43. The van der Waals surface area contributed by atoms with Crippen molar-refractivity contribution in [2.75, 3.05) is 6.54 Å². The summed E-state index contributed by atoms with van der Waals surface area (Å²) in [5.74, 6) is 2.77. The van der Waals surface area contributed by atoms with Gasteiger partial charge in [-0.05, 0) is 68.7 Å². The van der Waals surface area contributed by atoms with Gasteiger partial charge in [-0.3, -0.25) is 0 Å². The summed E-state index contributed by atoms with van der Waals surface area (Å²) in [4.78, 5) is 0. The molecule has 1 nitrogen and oxygen atoms in total. The Labute approximate surface area is 115 Å². The van der Waals surface area contributed by atoms with Gasteiger partial charge >= 0.3 is 0 Å². The summed E-state index contributed by atoms with van der Waals surface area (Å²) >= 11 is 0. The summed E-state index contributed by atoms with van der Waals surface area (Å²) in [6.45, 7) is 15.6. The molecule has 0 spiro atoms. The van der Waals surface area contributed by atoms with Crippen molar-refractivity contribution in [1.29, 1.82) is 0 Å². The molecule has 0 aromatic carbocycles. The molecule has 1 aliphatic carbocycles. The first-order valence-corrected chi connectivity index (χ1v) is 8.08. The number of hydrogen-bond acceptors (Lipinski definition) is 1. The quantitative estimate of drug-likeness (QED) is 0.712. The third-order valence-electron chi connectivity index (χ3n) is 4.86. The molecular formula is C17H35N. The third-order valence-corrected chi connectivity index (χ3v) is 4.86. The normalized spacial score (nSPS) is 31.3. The van der Waals surface area contributed by atoms with Crippen LogP contribution in [0.3, 0.4) is 0 Å². The van der Waals surface area contributed by atoms with Gasteiger partial charge in [0.25, 0.3) is 0 Å². The highest BCUT2D eigenvalue weighted by Crippen LogP contribution is 2.44. The van der Waals surface area contributed by atoms with E-state index in [1.54, 1.807) is 0 Å². The van der Waals surface area contributed by atoms with E-state index in [-0.39, 0.29) is 0 Å². The number of hydrogen-bond donors (Lipinski definition) is 1. The van der Waals surface area contributed by atoms with Gasteiger partial charge in [-0.25, -0.2) is 0 Å². The lowest BCUT2D eigenvalue weighted by Crippen LogP contribution is -2.38. The fraction of sp³-hybridized carbons (Fsp3) is 1.00. The van der Waals surface area contributed by atoms with Crippen LogP contribution in [0.25, 0.3) is 0 Å². The average Bonchev–Trinajstić information content (AvgIpc) is 2.24. The molecule has 3 atom stereocenters. The largest absolute Gasteiger partial charge is 0.314 e. The van der Waals surface area contributed by atoms with E-state index in [0.29, 0.717) is 11.5 Å². The molecule has 0 amide bonds. The number of nitrogens with one attached hydrogen (secondary N) is 1. The number of rotatable bonds is 6. The molecule has 1 aliphatic rings. The van der Waals surface area contributed by atoms with Crippen molar-refractivity contribution in [2.45, 2.75) is 79.7 Å². The zero-order valence-corrected chi connectivity index (χ0v) is 13.6. The monoisotopic (exact) mass is 253 g/mol. The SMILES string of the molecule is CCCNC(C)CC(C)(C)C1CC(C)CC(C)C1. The van der Waals surface area contributed by atoms with E-state index in [4.69, 9.17) is 0 Å². The van der Waals surface area contributed by atoms with Crippen LogP contribution in [0.1, 0.15) is 73.6 Å². The molecule has 0 aromatic heterocycles. The standard InChI is InChI=1S/C17H35N/c1-7-8-18-15(4)12-17(5,6)16-10-13(2)9-14(3)11-16/h13-16,18H,7-12H2,1-6H3. The van der Waals surface area contributed by atoms with E-state index in [9.17, 15) is 0 Å². The smallest absolute Gasteiger partial charge is 0.00439 e. The second-order valence-corrected chi connectivity index (χ2v) is 7.66. The predicted octanol–water partition coefficient (Wildman–Crippen LogP) is 4.86. The molecule has 108 valence electrons. The van der Waals surface area contributed by atoms with Crippen LogP contribution < -0.4 is 5.32 Å². The molecule has 0 aliphatic heterocycles. The minimum Gasteiger partial charge on any atom is -0.314 e. The topological polar surface area (TPSA) is 12.0 Å². The van der Waals surface area contributed by atoms with Crippen LogP contribution in [0.4, 0.5) is 0 Å². The van der Waals surface area contributed by atoms with Crippen LogP contribution in [0.2, 0.25) is 0 Å². The highest BCUT2D eigenvalue weighted by Gasteiger charge is 2.35. The molecular weight excluding hydrogens is 218 g/mol. The van der Waals surface area contributed by atoms with Gasteiger partial charge in [0.15, 0.2) is 0 Å². The summed E-state index contributed by atoms with van der Waals surface area (Å²) in [5, 5.41) is 3.65. The van der Waals surface area contributed by atoms with Crippen LogP contribution in [0.15, 0.2) is 0 Å². The highest BCUT2D eigenvalue weighted by molar-refractivity contribution is 4.87. The molecule has 1 saturated carbocycles. The summed E-state index contributed by atoms with van der Waals surface area (Å²) in [5.41, 5.74) is 0.489. The molecule has 0 aromatic rings. The van der Waals surface area contributed by atoms with Crippen molar-refractivity contribution in [3.05, 3.63) is 0 Å². The third kappa shape index (κ3) is 4.91. The van der Waals surface area contributed by atoms with E-state index >= 15 is 0 Å². The van der Waals surface area contributed by atoms with Crippen molar-refractivity contribution >= 4 is 0 Å². The first kappa shape index (κ1) is 16.0. The Kier molecular flexibility index (Phi) is 6.17. The molecule has 0 radical (unpaired) electrons. The van der Waals surface area contributed by atoms with E-state index in [1.165, 1.54) is 32.1 Å². The molecule has 18 heavy (non-hydrogen) atoms. The fourth-order valence-electron chi connectivity index (χ4n) is 4.00. The Morgan fingerprint density at radius 2 is 1.67 bits per heavy atom. The Balaban J connectivity index is 2.50. The molecule has 1 heteroatoms. The van der Waals surface area contributed by atoms with Crippen molar-refractivity contribution in [1.82, 2.24) is 5.32 Å². The fourth-order valence-corrected chi connectivity index (χ4v) is 4.00. The molecule has 1 rings (SSSR count). The Morgan fingerprint density at radius 3 is 2.17 bits per heavy atom. The van der Waals surface area contributed by atoms with Crippen LogP contribution >= 0.6 is 0 Å². The van der Waals surface area contributed by atoms with Crippen molar-refractivity contribution < 1.29 is 0 Å². The van der Waals surface area contributed by atoms with Crippen LogP contribution in [-0.4, -0.2) is 12.6 Å². The maximum absolute atomic E-state index is 3.65. The lowest BCUT2D eigenvalue weighted by molar-refractivity contribution is 0.0847. The zero-order valence-electron chi connectivity index (χ0n) is 13.6. The molecule has 1 fully saturated rings. The van der Waals surface area contributed by atoms with Gasteiger partial charge in [0.1, 0.15) is 0 Å². The summed E-state index contributed by atoms with van der Waals surface area (Å²) in [6, 6.07) is 0.660. The molecule has 0 saturated heterocycles. The van der Waals surface area contributed by atoms with Gasteiger partial charge in [-0.1, -0.05) is 34.6 Å². The second-order valence-electron chi connectivity index (χ2n) is 7.66. The Bertz CT molecular complexity index is 224. The van der Waals surface area contributed by atoms with Crippen molar-refractivity contribution in [3.8, 4) is 0 Å². The summed E-state index contributed by atoms with van der Waals surface area (Å²) in [6.07, 6.45) is 6.88. The van der Waals surface area contributed by atoms with Crippen LogP contribution in [-0.2, 0) is 0 Å². The minimum absolute atomic E-state index is 0.489. The van der Waals surface area contributed by atoms with Crippen LogP contribution in [0.5, 0.6) is 0 Å². The zero-order chi connectivity index (χ0) is 13.8. The average molecular weight is 253 g/mol. The first-order chi connectivity index (χ1) is 8.35. The minimum atomic E-state index is 0.489. The maximum atomic E-state index is 3.65. The maximum Gasteiger partial charge on any atom is 0.00439 e. The van der Waals surface area contributed by atoms with E-state index in [1.807, 2.05) is 0 Å². The summed E-state index contributed by atoms with van der Waals surface area (Å²) in [7, 11) is 0. The van der Waals surface area contributed by atoms with Gasteiger partial charge in [0.2, 0.25) is 0 Å². The van der Waals surface area contributed by atoms with Gasteiger partial charge in [0.05, 0.1) is 0 Å². The predicted molar refractivity (Wildman–Crippen MR) is 81.8 cm³/mol. The van der Waals surface area contributed by atoms with Crippen molar-refractivity contribution in [3.63, 3.8) is 0 Å². The molecule has 0 heterocycles. The summed E-state index contributed by atoms with van der Waals surface area (Å²) < 4.78 is 0. The second kappa shape index (κ2) is 6.93. The Morgan fingerprint density at radius 1 is 1.11 bits per heavy atom. The molecule has 1 N–H and O–H groups in total. The first-order valence-electron chi connectivity index (χ1n) is 8.08. The van der Waals surface area contributed by atoms with Gasteiger partial charge < -0.3 is 5.32 Å². The van der Waals surface area contributed by atoms with E-state index < -0.39 is 0 Å². The van der Waals surface area contributed by atoms with E-state index in [2.05, 4.69) is 46.9 Å². The lowest BCUT2D eigenvalue weighted by atomic mass is 9.64. The van der Waals surface area contributed by atoms with Gasteiger partial charge in [-0.2, -0.15) is 0 Å². The highest BCUT2D eigenvalue weighted by atomic mass is 14.9. The van der Waals surface area contributed by atoms with Gasteiger partial charge in [0, 0.05) is 6.04 Å². The van der Waals surface area contributed by atoms with E-state index in [0.717, 1.165) is 24.3 Å². The van der Waals surface area contributed by atoms with Crippen LogP contribution in [0, 0.1) is 23.2 Å². The molecule has 3 unspecified atom stereocenters. The Hall–Kier alpha value is -0.0400. The molecule has 0 bridgehead atoms. The van der Waals surface area contributed by atoms with Gasteiger partial charge in [-0.15, -0.1) is 0 Å². The van der Waals surface area contributed by atoms with Crippen molar-refractivity contribution in [2.24, 2.45) is 23.2 Å².